The number of nitrogens with zero attached hydrogens (tertiary/aromatic N) is 1. The number of aromatic amines is 1. The minimum Gasteiger partial charge on any atom is -0.465 e. The van der Waals surface area contributed by atoms with Crippen LogP contribution in [-0.2, 0) is 11.0 Å². The molecule has 4 rings (SSSR count). The van der Waals surface area contributed by atoms with Gasteiger partial charge in [0.15, 0.2) is 19.9 Å². The number of nitrogens with one attached hydrogen (secondary N) is 3. The maximum absolute atomic E-state index is 15.2. The second kappa shape index (κ2) is 12.8. The first kappa shape index (κ1) is 32.0. The van der Waals surface area contributed by atoms with Crippen molar-refractivity contribution in [2.75, 3.05) is 10.6 Å². The molecule has 0 aliphatic carbocycles. The molecule has 2 amide bonds. The van der Waals surface area contributed by atoms with Crippen molar-refractivity contribution < 1.29 is 32.6 Å². The Morgan fingerprint density at radius 2 is 1.68 bits per heavy atom. The SMILES string of the molecule is CC(C)(C)[Si](C)(C)OCc1c(Oc2ccc(NC(=O)c3ccc(-c4ccc(F)cc4)[nH]c3=O)cc2F)ccnc1NC(=O)O. The number of benzene rings is 2. The summed E-state index contributed by atoms with van der Waals surface area (Å²) in [6, 6.07) is 13.5. The van der Waals surface area contributed by atoms with Gasteiger partial charge in [0, 0.05) is 23.6 Å². The summed E-state index contributed by atoms with van der Waals surface area (Å²) in [4.78, 5) is 43.5. The Balaban J connectivity index is 1.53. The van der Waals surface area contributed by atoms with Crippen molar-refractivity contribution in [2.24, 2.45) is 0 Å². The largest absolute Gasteiger partial charge is 0.465 e. The van der Waals surface area contributed by atoms with Crippen molar-refractivity contribution in [3.63, 3.8) is 0 Å². The fraction of sp³-hybridized carbons (Fsp3) is 0.226. The number of carboxylic acid groups (broad SMARTS) is 1. The minimum atomic E-state index is -2.27. The average molecular weight is 623 g/mol. The molecule has 10 nitrogen and oxygen atoms in total. The number of rotatable bonds is 9. The van der Waals surface area contributed by atoms with Gasteiger partial charge < -0.3 is 24.6 Å². The van der Waals surface area contributed by atoms with E-state index in [1.807, 2.05) is 13.1 Å². The zero-order valence-electron chi connectivity index (χ0n) is 24.7. The molecular weight excluding hydrogens is 590 g/mol. The summed E-state index contributed by atoms with van der Waals surface area (Å²) >= 11 is 0. The van der Waals surface area contributed by atoms with Gasteiger partial charge in [-0.3, -0.25) is 14.9 Å². The van der Waals surface area contributed by atoms with Crippen LogP contribution in [-0.4, -0.2) is 35.4 Å². The van der Waals surface area contributed by atoms with Crippen LogP contribution in [0.4, 0.5) is 25.1 Å². The normalized spacial score (nSPS) is 11.6. The lowest BCUT2D eigenvalue weighted by Gasteiger charge is -2.36. The maximum atomic E-state index is 15.2. The third-order valence-corrected chi connectivity index (χ3v) is 11.8. The zero-order valence-corrected chi connectivity index (χ0v) is 25.7. The number of aromatic nitrogens is 2. The number of hydrogen-bond donors (Lipinski definition) is 4. The predicted octanol–water partition coefficient (Wildman–Crippen LogP) is 7.37. The molecule has 0 aliphatic heterocycles. The molecule has 2 heterocycles. The van der Waals surface area contributed by atoms with Crippen molar-refractivity contribution >= 4 is 31.8 Å². The quantitative estimate of drug-likeness (QED) is 0.143. The lowest BCUT2D eigenvalue weighted by atomic mass is 10.1. The highest BCUT2D eigenvalue weighted by Crippen LogP contribution is 2.39. The van der Waals surface area contributed by atoms with Crippen LogP contribution in [0.2, 0.25) is 18.1 Å². The number of carbonyl (C=O) groups excluding carboxylic acids is 1. The molecule has 2 aromatic carbocycles. The highest BCUT2D eigenvalue weighted by molar-refractivity contribution is 6.74. The van der Waals surface area contributed by atoms with Gasteiger partial charge in [0.1, 0.15) is 22.9 Å². The number of anilines is 2. The summed E-state index contributed by atoms with van der Waals surface area (Å²) in [6.45, 7) is 10.2. The van der Waals surface area contributed by atoms with Gasteiger partial charge in [-0.05, 0) is 78.3 Å². The van der Waals surface area contributed by atoms with Gasteiger partial charge in [-0.25, -0.2) is 18.6 Å². The minimum absolute atomic E-state index is 0.00586. The molecule has 0 fully saturated rings. The molecule has 0 radical (unpaired) electrons. The van der Waals surface area contributed by atoms with E-state index in [9.17, 15) is 23.9 Å². The Kier molecular flexibility index (Phi) is 9.30. The first-order valence-corrected chi connectivity index (χ1v) is 16.5. The monoisotopic (exact) mass is 622 g/mol. The summed E-state index contributed by atoms with van der Waals surface area (Å²) in [5.74, 6) is -2.10. The summed E-state index contributed by atoms with van der Waals surface area (Å²) in [5, 5.41) is 13.9. The highest BCUT2D eigenvalue weighted by Gasteiger charge is 2.37. The molecule has 44 heavy (non-hydrogen) atoms. The number of halogens is 2. The molecule has 2 aromatic heterocycles. The van der Waals surface area contributed by atoms with Crippen LogP contribution in [0, 0.1) is 11.6 Å². The van der Waals surface area contributed by atoms with Crippen molar-refractivity contribution in [1.82, 2.24) is 9.97 Å². The number of carbonyl (C=O) groups is 2. The molecule has 13 heteroatoms. The fourth-order valence-electron chi connectivity index (χ4n) is 3.82. The maximum Gasteiger partial charge on any atom is 0.410 e. The fourth-order valence-corrected chi connectivity index (χ4v) is 4.75. The van der Waals surface area contributed by atoms with Crippen LogP contribution in [0.25, 0.3) is 11.3 Å². The van der Waals surface area contributed by atoms with E-state index in [2.05, 4.69) is 41.4 Å². The Morgan fingerprint density at radius 3 is 2.30 bits per heavy atom. The van der Waals surface area contributed by atoms with Crippen molar-refractivity contribution in [3.8, 4) is 22.8 Å². The van der Waals surface area contributed by atoms with Gasteiger partial charge in [-0.1, -0.05) is 20.8 Å². The molecule has 230 valence electrons. The van der Waals surface area contributed by atoms with Crippen molar-refractivity contribution in [2.45, 2.75) is 45.5 Å². The summed E-state index contributed by atoms with van der Waals surface area (Å²) in [7, 11) is -2.27. The Morgan fingerprint density at radius 1 is 0.977 bits per heavy atom. The summed E-state index contributed by atoms with van der Waals surface area (Å²) in [6.07, 6.45) is -0.0135. The van der Waals surface area contributed by atoms with E-state index in [4.69, 9.17) is 9.16 Å². The van der Waals surface area contributed by atoms with Gasteiger partial charge >= 0.3 is 6.09 Å². The van der Waals surface area contributed by atoms with Gasteiger partial charge in [0.25, 0.3) is 11.5 Å². The molecule has 0 saturated carbocycles. The third kappa shape index (κ3) is 7.54. The average Bonchev–Trinajstić information content (AvgIpc) is 2.93. The first-order chi connectivity index (χ1) is 20.6. The van der Waals surface area contributed by atoms with Gasteiger partial charge in [-0.2, -0.15) is 0 Å². The second-order valence-corrected chi connectivity index (χ2v) is 16.2. The number of H-pyrrole nitrogens is 1. The summed E-state index contributed by atoms with van der Waals surface area (Å²) in [5.41, 5.74) is 0.416. The molecule has 4 N–H and O–H groups in total. The number of ether oxygens (including phenoxy) is 1. The zero-order chi connectivity index (χ0) is 32.2. The molecule has 0 aliphatic rings. The number of amides is 2. The van der Waals surface area contributed by atoms with Crippen molar-refractivity contribution in [1.29, 1.82) is 0 Å². The number of hydrogen-bond acceptors (Lipinski definition) is 6. The van der Waals surface area contributed by atoms with Gasteiger partial charge in [-0.15, -0.1) is 0 Å². The third-order valence-electron chi connectivity index (χ3n) is 7.34. The Hall–Kier alpha value is -4.88. The van der Waals surface area contributed by atoms with Crippen LogP contribution in [0.1, 0.15) is 36.7 Å². The smallest absolute Gasteiger partial charge is 0.410 e. The molecular formula is C31H32F2N4O6Si. The summed E-state index contributed by atoms with van der Waals surface area (Å²) < 4.78 is 40.5. The van der Waals surface area contributed by atoms with Crippen LogP contribution >= 0.6 is 0 Å². The van der Waals surface area contributed by atoms with Crippen LogP contribution in [0.15, 0.2) is 71.7 Å². The van der Waals surface area contributed by atoms with Gasteiger partial charge in [0.2, 0.25) is 0 Å². The predicted molar refractivity (Wildman–Crippen MR) is 165 cm³/mol. The van der Waals surface area contributed by atoms with E-state index >= 15 is 4.39 Å². The van der Waals surface area contributed by atoms with Crippen LogP contribution in [0.3, 0.4) is 0 Å². The Bertz CT molecular complexity index is 1750. The first-order valence-electron chi connectivity index (χ1n) is 13.5. The van der Waals surface area contributed by atoms with Crippen LogP contribution in [0.5, 0.6) is 11.5 Å². The van der Waals surface area contributed by atoms with E-state index in [0.29, 0.717) is 16.8 Å². The molecule has 0 saturated heterocycles. The standard InChI is InChI=1S/C31H32F2N4O6Si/c1-31(2,3)44(4,5)42-17-22-25(14-15-34-27(22)37-30(40)41)43-26-13-10-20(16-23(26)33)35-28(38)21-11-12-24(36-29(21)39)18-6-8-19(32)9-7-18/h6-16H,17H2,1-5H3,(H,34,37)(H,35,38)(H,36,39)(H,40,41). The lowest BCUT2D eigenvalue weighted by molar-refractivity contribution is 0.102. The van der Waals surface area contributed by atoms with E-state index in [1.165, 1.54) is 60.8 Å². The van der Waals surface area contributed by atoms with E-state index in [-0.39, 0.29) is 40.2 Å². The molecule has 0 spiro atoms. The second-order valence-electron chi connectivity index (χ2n) is 11.4. The molecule has 0 unspecified atom stereocenters. The molecule has 0 atom stereocenters. The molecule has 0 bridgehead atoms. The van der Waals surface area contributed by atoms with E-state index in [0.717, 1.165) is 6.07 Å². The lowest BCUT2D eigenvalue weighted by Crippen LogP contribution is -2.40. The molecule has 4 aromatic rings. The van der Waals surface area contributed by atoms with Crippen molar-refractivity contribution in [3.05, 3.63) is 100.0 Å². The van der Waals surface area contributed by atoms with E-state index < -0.39 is 37.5 Å². The highest BCUT2D eigenvalue weighted by atomic mass is 28.4. The topological polar surface area (TPSA) is 143 Å². The Labute approximate surface area is 253 Å². The van der Waals surface area contributed by atoms with Crippen LogP contribution < -0.4 is 20.9 Å². The van der Waals surface area contributed by atoms with E-state index in [1.54, 1.807) is 0 Å². The number of pyridine rings is 2. The van der Waals surface area contributed by atoms with Gasteiger partial charge in [0.05, 0.1) is 12.2 Å².